The Kier molecular flexibility index (Phi) is 3.98. The van der Waals surface area contributed by atoms with Crippen molar-refractivity contribution < 1.29 is 18.4 Å². The van der Waals surface area contributed by atoms with Crippen LogP contribution < -0.4 is 15.2 Å². The first-order valence-corrected chi connectivity index (χ1v) is 7.14. The minimum Gasteiger partial charge on any atom is -0.495 e. The van der Waals surface area contributed by atoms with Crippen molar-refractivity contribution in [1.82, 2.24) is 10.2 Å². The largest absolute Gasteiger partial charge is 0.495 e. The van der Waals surface area contributed by atoms with Crippen LogP contribution in [0.2, 0.25) is 0 Å². The maximum atomic E-state index is 12.1. The zero-order valence-corrected chi connectivity index (χ0v) is 11.8. The number of hydrogen-bond donors (Lipinski definition) is 4. The molecule has 0 saturated carbocycles. The van der Waals surface area contributed by atoms with E-state index in [9.17, 15) is 8.42 Å². The highest BCUT2D eigenvalue weighted by molar-refractivity contribution is 7.92. The Labute approximate surface area is 120 Å². The summed E-state index contributed by atoms with van der Waals surface area (Å²) in [7, 11) is -2.40. The Balaban J connectivity index is 2.37. The molecule has 0 spiro atoms. The van der Waals surface area contributed by atoms with Crippen molar-refractivity contribution in [2.75, 3.05) is 11.8 Å². The number of H-pyrrole nitrogens is 1. The van der Waals surface area contributed by atoms with Crippen LogP contribution in [0.4, 0.5) is 5.69 Å². The predicted octanol–water partition coefficient (Wildman–Crippen LogP) is 0.314. The molecule has 0 fully saturated rings. The number of sulfonamides is 1. The van der Waals surface area contributed by atoms with Crippen molar-refractivity contribution in [2.24, 2.45) is 10.9 Å². The summed E-state index contributed by atoms with van der Waals surface area (Å²) >= 11 is 0. The first-order chi connectivity index (χ1) is 9.97. The van der Waals surface area contributed by atoms with E-state index < -0.39 is 10.0 Å². The molecule has 0 aliphatic heterocycles. The number of methoxy groups -OCH3 is 1. The van der Waals surface area contributed by atoms with E-state index >= 15 is 0 Å². The average Bonchev–Trinajstić information content (AvgIpc) is 3.01. The maximum Gasteiger partial charge on any atom is 0.265 e. The summed E-state index contributed by atoms with van der Waals surface area (Å²) in [5, 5.41) is 17.5. The van der Waals surface area contributed by atoms with Crippen LogP contribution in [0.3, 0.4) is 0 Å². The Bertz CT molecular complexity index is 755. The zero-order valence-electron chi connectivity index (χ0n) is 10.9. The molecule has 112 valence electrons. The van der Waals surface area contributed by atoms with Gasteiger partial charge in [0, 0.05) is 11.8 Å². The normalized spacial score (nSPS) is 12.1. The van der Waals surface area contributed by atoms with Crippen LogP contribution in [0.25, 0.3) is 0 Å². The van der Waals surface area contributed by atoms with Gasteiger partial charge >= 0.3 is 0 Å². The monoisotopic (exact) mass is 311 g/mol. The fraction of sp³-hybridized carbons (Fsp3) is 0.0909. The van der Waals surface area contributed by atoms with E-state index in [0.717, 1.165) is 0 Å². The fourth-order valence-electron chi connectivity index (χ4n) is 1.58. The number of benzene rings is 1. The average molecular weight is 311 g/mol. The zero-order chi connectivity index (χ0) is 15.5. The lowest BCUT2D eigenvalue weighted by Crippen LogP contribution is -2.15. The van der Waals surface area contributed by atoms with E-state index in [2.05, 4.69) is 20.1 Å². The number of hydrogen-bond acceptors (Lipinski definition) is 6. The second-order valence-corrected chi connectivity index (χ2v) is 5.62. The number of anilines is 1. The van der Waals surface area contributed by atoms with Gasteiger partial charge in [-0.3, -0.25) is 9.82 Å². The number of oxime groups is 1. The third-order valence-corrected chi connectivity index (χ3v) is 3.97. The maximum absolute atomic E-state index is 12.1. The first-order valence-electron chi connectivity index (χ1n) is 5.65. The fourth-order valence-corrected chi connectivity index (χ4v) is 2.56. The van der Waals surface area contributed by atoms with Gasteiger partial charge in [0.05, 0.1) is 19.0 Å². The van der Waals surface area contributed by atoms with Crippen molar-refractivity contribution in [2.45, 2.75) is 4.90 Å². The SMILES string of the molecule is COc1cc(/C(N)=N/O)ccc1NS(=O)(=O)c1cn[nH]c1. The van der Waals surface area contributed by atoms with E-state index in [-0.39, 0.29) is 22.2 Å². The van der Waals surface area contributed by atoms with Gasteiger partial charge in [0.2, 0.25) is 0 Å². The summed E-state index contributed by atoms with van der Waals surface area (Å²) in [5.41, 5.74) is 6.07. The van der Waals surface area contributed by atoms with E-state index in [0.29, 0.717) is 5.56 Å². The second kappa shape index (κ2) is 5.71. The van der Waals surface area contributed by atoms with Crippen molar-refractivity contribution in [3.8, 4) is 5.75 Å². The Morgan fingerprint density at radius 1 is 1.52 bits per heavy atom. The Morgan fingerprint density at radius 3 is 2.86 bits per heavy atom. The number of rotatable bonds is 5. The molecule has 10 heteroatoms. The van der Waals surface area contributed by atoms with E-state index in [1.807, 2.05) is 0 Å². The van der Waals surface area contributed by atoms with Crippen LogP contribution in [0.15, 0.2) is 40.6 Å². The second-order valence-electron chi connectivity index (χ2n) is 3.94. The van der Waals surface area contributed by atoms with Crippen molar-refractivity contribution >= 4 is 21.5 Å². The predicted molar refractivity (Wildman–Crippen MR) is 74.9 cm³/mol. The molecule has 0 aliphatic carbocycles. The third-order valence-electron chi connectivity index (χ3n) is 2.63. The van der Waals surface area contributed by atoms with E-state index in [1.54, 1.807) is 0 Å². The number of aromatic nitrogens is 2. The summed E-state index contributed by atoms with van der Waals surface area (Å²) in [4.78, 5) is -0.00920. The van der Waals surface area contributed by atoms with Crippen LogP contribution in [0.5, 0.6) is 5.75 Å². The molecule has 5 N–H and O–H groups in total. The third kappa shape index (κ3) is 3.05. The number of nitrogens with one attached hydrogen (secondary N) is 2. The Hall–Kier alpha value is -2.75. The molecule has 0 aliphatic rings. The van der Waals surface area contributed by atoms with Gasteiger partial charge in [0.15, 0.2) is 5.84 Å². The van der Waals surface area contributed by atoms with Gasteiger partial charge in [-0.1, -0.05) is 5.16 Å². The standard InChI is InChI=1S/C11H13N5O4S/c1-20-10-4-7(11(12)15-17)2-3-9(10)16-21(18,19)8-5-13-14-6-8/h2-6,16-17H,1H3,(H2,12,15)(H,13,14). The molecule has 0 amide bonds. The van der Waals surface area contributed by atoms with Crippen molar-refractivity contribution in [3.63, 3.8) is 0 Å². The minimum atomic E-state index is -3.78. The smallest absolute Gasteiger partial charge is 0.265 e. The Morgan fingerprint density at radius 2 is 2.29 bits per heavy atom. The van der Waals surface area contributed by atoms with Crippen LogP contribution in [-0.4, -0.2) is 36.8 Å². The lowest BCUT2D eigenvalue weighted by Gasteiger charge is -2.12. The molecular weight excluding hydrogens is 298 g/mol. The molecule has 0 atom stereocenters. The summed E-state index contributed by atoms with van der Waals surface area (Å²) in [6, 6.07) is 4.39. The molecule has 9 nitrogen and oxygen atoms in total. The first kappa shape index (κ1) is 14.7. The molecule has 1 aromatic carbocycles. The highest BCUT2D eigenvalue weighted by Gasteiger charge is 2.18. The molecular formula is C11H13N5O4S. The summed E-state index contributed by atoms with van der Waals surface area (Å²) in [6.07, 6.45) is 2.43. The number of ether oxygens (including phenoxy) is 1. The van der Waals surface area contributed by atoms with Crippen LogP contribution in [0.1, 0.15) is 5.56 Å². The summed E-state index contributed by atoms with van der Waals surface area (Å²) < 4.78 is 31.7. The lowest BCUT2D eigenvalue weighted by atomic mass is 10.2. The summed E-state index contributed by atoms with van der Waals surface area (Å²) in [5.74, 6) is 0.115. The van der Waals surface area contributed by atoms with Crippen LogP contribution >= 0.6 is 0 Å². The molecule has 1 heterocycles. The highest BCUT2D eigenvalue weighted by atomic mass is 32.2. The van der Waals surface area contributed by atoms with Crippen molar-refractivity contribution in [1.29, 1.82) is 0 Å². The highest BCUT2D eigenvalue weighted by Crippen LogP contribution is 2.27. The van der Waals surface area contributed by atoms with Crippen molar-refractivity contribution in [3.05, 3.63) is 36.2 Å². The molecule has 0 bridgehead atoms. The van der Waals surface area contributed by atoms with Gasteiger partial charge < -0.3 is 15.7 Å². The van der Waals surface area contributed by atoms with Crippen LogP contribution in [0, 0.1) is 0 Å². The lowest BCUT2D eigenvalue weighted by molar-refractivity contribution is 0.318. The minimum absolute atomic E-state index is 0.00920. The molecule has 1 aromatic heterocycles. The van der Waals surface area contributed by atoms with Gasteiger partial charge in [-0.25, -0.2) is 8.42 Å². The van der Waals surface area contributed by atoms with Gasteiger partial charge in [0.25, 0.3) is 10.0 Å². The van der Waals surface area contributed by atoms with Crippen LogP contribution in [-0.2, 0) is 10.0 Å². The van der Waals surface area contributed by atoms with Gasteiger partial charge in [-0.15, -0.1) is 0 Å². The molecule has 2 aromatic rings. The number of nitrogens with zero attached hydrogens (tertiary/aromatic N) is 2. The quantitative estimate of drug-likeness (QED) is 0.271. The van der Waals surface area contributed by atoms with E-state index in [1.165, 1.54) is 37.7 Å². The number of amidine groups is 1. The summed E-state index contributed by atoms with van der Waals surface area (Å²) in [6.45, 7) is 0. The van der Waals surface area contributed by atoms with Gasteiger partial charge in [-0.2, -0.15) is 5.10 Å². The topological polar surface area (TPSA) is 143 Å². The molecule has 0 saturated heterocycles. The molecule has 2 rings (SSSR count). The molecule has 0 unspecified atom stereocenters. The van der Waals surface area contributed by atoms with E-state index in [4.69, 9.17) is 15.7 Å². The molecule has 21 heavy (non-hydrogen) atoms. The number of nitrogens with two attached hydrogens (primary N) is 1. The van der Waals surface area contributed by atoms with Gasteiger partial charge in [-0.05, 0) is 18.2 Å². The number of aromatic amines is 1. The van der Waals surface area contributed by atoms with Gasteiger partial charge in [0.1, 0.15) is 10.6 Å². The molecule has 0 radical (unpaired) electrons.